The Labute approximate surface area is 232 Å². The lowest BCUT2D eigenvalue weighted by Crippen LogP contribution is -2.46. The molecule has 8 heteroatoms. The van der Waals surface area contributed by atoms with Crippen molar-refractivity contribution >= 4 is 11.6 Å². The van der Waals surface area contributed by atoms with Crippen molar-refractivity contribution in [3.8, 4) is 11.8 Å². The Morgan fingerprint density at radius 2 is 1.57 bits per heavy atom. The summed E-state index contributed by atoms with van der Waals surface area (Å²) in [5.41, 5.74) is 1.83. The van der Waals surface area contributed by atoms with Gasteiger partial charge in [-0.15, -0.1) is 0 Å². The van der Waals surface area contributed by atoms with Crippen molar-refractivity contribution in [2.24, 2.45) is 5.41 Å². The van der Waals surface area contributed by atoms with Crippen LogP contribution in [0, 0.1) is 34.2 Å². The summed E-state index contributed by atoms with van der Waals surface area (Å²) in [5.74, 6) is -0.641. The highest BCUT2D eigenvalue weighted by Crippen LogP contribution is 2.40. The fourth-order valence-corrected chi connectivity index (χ4v) is 5.80. The van der Waals surface area contributed by atoms with Gasteiger partial charge in [-0.2, -0.15) is 5.26 Å². The maximum absolute atomic E-state index is 14.4. The van der Waals surface area contributed by atoms with Gasteiger partial charge in [-0.3, -0.25) is 9.69 Å². The van der Waals surface area contributed by atoms with Crippen LogP contribution in [0.3, 0.4) is 0 Å². The molecule has 3 aromatic carbocycles. The lowest BCUT2D eigenvalue weighted by atomic mass is 9.77. The van der Waals surface area contributed by atoms with E-state index in [1.807, 2.05) is 0 Å². The number of carbonyl (C=O) groups excluding carboxylic acids is 1. The summed E-state index contributed by atoms with van der Waals surface area (Å²) in [6.07, 6.45) is 3.27. The summed E-state index contributed by atoms with van der Waals surface area (Å²) in [6.45, 7) is 2.20. The van der Waals surface area contributed by atoms with Crippen molar-refractivity contribution in [2.75, 3.05) is 37.7 Å². The van der Waals surface area contributed by atoms with E-state index >= 15 is 0 Å². The van der Waals surface area contributed by atoms with Gasteiger partial charge in [0, 0.05) is 32.0 Å². The summed E-state index contributed by atoms with van der Waals surface area (Å²) < 4.78 is 46.8. The maximum Gasteiger partial charge on any atom is 0.241 e. The lowest BCUT2D eigenvalue weighted by Gasteiger charge is -2.37. The molecule has 2 heterocycles. The normalized spacial score (nSPS) is 18.9. The molecular formula is C32H32F3N3O2. The van der Waals surface area contributed by atoms with Crippen LogP contribution < -0.4 is 9.64 Å². The second-order valence-corrected chi connectivity index (χ2v) is 10.7. The van der Waals surface area contributed by atoms with Gasteiger partial charge in [0.2, 0.25) is 5.91 Å². The number of amides is 1. The van der Waals surface area contributed by atoms with Crippen LogP contribution in [0.1, 0.15) is 49.1 Å². The van der Waals surface area contributed by atoms with Crippen LogP contribution in [-0.2, 0) is 4.79 Å². The Morgan fingerprint density at radius 1 is 0.925 bits per heavy atom. The third kappa shape index (κ3) is 6.31. The number of ether oxygens (including phenoxy) is 1. The zero-order valence-corrected chi connectivity index (χ0v) is 22.3. The van der Waals surface area contributed by atoms with Gasteiger partial charge < -0.3 is 9.64 Å². The van der Waals surface area contributed by atoms with Crippen molar-refractivity contribution in [1.82, 2.24) is 4.90 Å². The van der Waals surface area contributed by atoms with E-state index in [1.54, 1.807) is 35.2 Å². The van der Waals surface area contributed by atoms with Crippen LogP contribution in [0.25, 0.3) is 0 Å². The molecule has 2 aliphatic rings. The lowest BCUT2D eigenvalue weighted by molar-refractivity contribution is -0.120. The Kier molecular flexibility index (Phi) is 8.41. The first kappa shape index (κ1) is 27.7. The number of benzene rings is 3. The van der Waals surface area contributed by atoms with Crippen molar-refractivity contribution in [2.45, 2.75) is 38.0 Å². The molecule has 5 rings (SSSR count). The molecule has 0 bridgehead atoms. The summed E-state index contributed by atoms with van der Waals surface area (Å²) in [4.78, 5) is 17.3. The molecule has 2 aliphatic heterocycles. The first-order valence-electron chi connectivity index (χ1n) is 13.7. The number of hydrogen-bond acceptors (Lipinski definition) is 4. The molecular weight excluding hydrogens is 515 g/mol. The van der Waals surface area contributed by atoms with E-state index in [0.717, 1.165) is 24.0 Å². The molecule has 0 N–H and O–H groups in total. The van der Waals surface area contributed by atoms with E-state index in [2.05, 4.69) is 11.0 Å². The number of likely N-dealkylation sites (tertiary alicyclic amines) is 1. The molecule has 0 aliphatic carbocycles. The predicted octanol–water partition coefficient (Wildman–Crippen LogP) is 6.44. The SMILES string of the molecule is N#CC1(CCOc2ccc(F)cc2)CCN(CC(=O)N2CCCC(c3ccc(F)cc3)c3ccc(F)cc32)CC1. The third-order valence-electron chi connectivity index (χ3n) is 8.18. The van der Waals surface area contributed by atoms with E-state index < -0.39 is 11.2 Å². The Balaban J connectivity index is 1.22. The van der Waals surface area contributed by atoms with Gasteiger partial charge >= 0.3 is 0 Å². The van der Waals surface area contributed by atoms with Crippen LogP contribution in [0.5, 0.6) is 5.75 Å². The van der Waals surface area contributed by atoms with Gasteiger partial charge in [0.25, 0.3) is 0 Å². The van der Waals surface area contributed by atoms with Crippen LogP contribution in [0.4, 0.5) is 18.9 Å². The molecule has 0 radical (unpaired) electrons. The summed E-state index contributed by atoms with van der Waals surface area (Å²) >= 11 is 0. The summed E-state index contributed by atoms with van der Waals surface area (Å²) in [7, 11) is 0. The zero-order chi connectivity index (χ0) is 28.1. The predicted molar refractivity (Wildman–Crippen MR) is 146 cm³/mol. The van der Waals surface area contributed by atoms with Crippen LogP contribution in [0.15, 0.2) is 66.7 Å². The quantitative estimate of drug-likeness (QED) is 0.342. The fourth-order valence-electron chi connectivity index (χ4n) is 5.80. The molecule has 1 amide bonds. The van der Waals surface area contributed by atoms with Gasteiger partial charge in [0.1, 0.15) is 23.2 Å². The third-order valence-corrected chi connectivity index (χ3v) is 8.18. The number of nitriles is 1. The fraction of sp³-hybridized carbons (Fsp3) is 0.375. The monoisotopic (exact) mass is 547 g/mol. The Bertz CT molecular complexity index is 1360. The topological polar surface area (TPSA) is 56.6 Å². The second-order valence-electron chi connectivity index (χ2n) is 10.7. The maximum atomic E-state index is 14.4. The number of anilines is 1. The minimum Gasteiger partial charge on any atom is -0.494 e. The molecule has 1 atom stereocenters. The van der Waals surface area contributed by atoms with E-state index in [4.69, 9.17) is 4.74 Å². The Hall–Kier alpha value is -3.83. The molecule has 208 valence electrons. The number of halogens is 3. The first-order chi connectivity index (χ1) is 19.4. The number of rotatable bonds is 7. The minimum absolute atomic E-state index is 0.0580. The smallest absolute Gasteiger partial charge is 0.241 e. The van der Waals surface area contributed by atoms with Gasteiger partial charge in [-0.1, -0.05) is 18.2 Å². The van der Waals surface area contributed by atoms with E-state index in [-0.39, 0.29) is 30.0 Å². The van der Waals surface area contributed by atoms with Crippen molar-refractivity contribution in [1.29, 1.82) is 5.26 Å². The molecule has 1 unspecified atom stereocenters. The van der Waals surface area contributed by atoms with E-state index in [0.29, 0.717) is 56.9 Å². The van der Waals surface area contributed by atoms with Crippen molar-refractivity contribution < 1.29 is 22.7 Å². The molecule has 0 saturated carbocycles. The molecule has 3 aromatic rings. The molecule has 0 aromatic heterocycles. The average molecular weight is 548 g/mol. The van der Waals surface area contributed by atoms with Crippen LogP contribution >= 0.6 is 0 Å². The number of piperidine rings is 1. The van der Waals surface area contributed by atoms with Gasteiger partial charge in [-0.05, 0) is 85.3 Å². The molecule has 40 heavy (non-hydrogen) atoms. The molecule has 0 spiro atoms. The number of nitrogens with zero attached hydrogens (tertiary/aromatic N) is 3. The molecule has 1 fully saturated rings. The number of fused-ring (bicyclic) bond motifs is 1. The highest BCUT2D eigenvalue weighted by Gasteiger charge is 2.36. The highest BCUT2D eigenvalue weighted by atomic mass is 19.1. The molecule has 1 saturated heterocycles. The van der Waals surface area contributed by atoms with Crippen molar-refractivity contribution in [3.05, 3.63) is 95.3 Å². The molecule has 5 nitrogen and oxygen atoms in total. The second kappa shape index (κ2) is 12.1. The van der Waals surface area contributed by atoms with Gasteiger partial charge in [0.05, 0.1) is 30.3 Å². The standard InChI is InChI=1S/C32H32F3N3O2/c33-24-5-3-23(4-6-24)28-2-1-16-38(30-20-26(35)9-12-29(28)30)31(39)21-37-17-13-32(22-36,14-18-37)15-19-40-27-10-7-25(34)8-11-27/h3-12,20,28H,1-2,13-19,21H2. The zero-order valence-electron chi connectivity index (χ0n) is 22.3. The first-order valence-corrected chi connectivity index (χ1v) is 13.7. The number of hydrogen-bond donors (Lipinski definition) is 0. The summed E-state index contributed by atoms with van der Waals surface area (Å²) in [6, 6.07) is 19.2. The summed E-state index contributed by atoms with van der Waals surface area (Å²) in [5, 5.41) is 9.94. The Morgan fingerprint density at radius 3 is 2.25 bits per heavy atom. The van der Waals surface area contributed by atoms with E-state index in [1.165, 1.54) is 36.4 Å². The van der Waals surface area contributed by atoms with E-state index in [9.17, 15) is 23.2 Å². The van der Waals surface area contributed by atoms with Crippen LogP contribution in [-0.4, -0.2) is 43.6 Å². The number of carbonyl (C=O) groups is 1. The van der Waals surface area contributed by atoms with Gasteiger partial charge in [-0.25, -0.2) is 13.2 Å². The largest absolute Gasteiger partial charge is 0.494 e. The van der Waals surface area contributed by atoms with Crippen LogP contribution in [0.2, 0.25) is 0 Å². The average Bonchev–Trinajstić information content (AvgIpc) is 3.15. The van der Waals surface area contributed by atoms with Crippen molar-refractivity contribution in [3.63, 3.8) is 0 Å². The van der Waals surface area contributed by atoms with Gasteiger partial charge in [0.15, 0.2) is 0 Å². The minimum atomic E-state index is -0.541. The highest BCUT2D eigenvalue weighted by molar-refractivity contribution is 5.96.